The molecule has 1 atom stereocenters. The number of rotatable bonds is 1. The molecular weight excluding hydrogens is 204 g/mol. The molecule has 1 aromatic rings. The number of hydrogen-bond donors (Lipinski definition) is 4. The minimum Gasteiger partial charge on any atom is -0.510 e. The zero-order valence-electron chi connectivity index (χ0n) is 8.72. The Morgan fingerprint density at radius 1 is 1.12 bits per heavy atom. The third-order valence-electron chi connectivity index (χ3n) is 2.72. The molecule has 0 saturated heterocycles. The van der Waals surface area contributed by atoms with E-state index in [1.807, 2.05) is 0 Å². The first-order chi connectivity index (χ1) is 7.51. The van der Waals surface area contributed by atoms with Gasteiger partial charge in [-0.3, -0.25) is 0 Å². The molecule has 84 valence electrons. The van der Waals surface area contributed by atoms with Crippen LogP contribution in [0.3, 0.4) is 0 Å². The summed E-state index contributed by atoms with van der Waals surface area (Å²) < 4.78 is 0. The molecule has 2 rings (SSSR count). The zero-order chi connectivity index (χ0) is 11.8. The largest absolute Gasteiger partial charge is 0.510 e. The van der Waals surface area contributed by atoms with E-state index in [1.54, 1.807) is 30.3 Å². The van der Waals surface area contributed by atoms with Gasteiger partial charge in [-0.25, -0.2) is 0 Å². The van der Waals surface area contributed by atoms with Gasteiger partial charge < -0.3 is 21.7 Å². The van der Waals surface area contributed by atoms with E-state index in [0.717, 1.165) is 0 Å². The zero-order valence-corrected chi connectivity index (χ0v) is 8.72. The van der Waals surface area contributed by atoms with Crippen LogP contribution in [0.15, 0.2) is 47.9 Å². The number of aliphatic hydroxyl groups is 2. The molecule has 1 unspecified atom stereocenters. The van der Waals surface area contributed by atoms with Crippen LogP contribution in [0.25, 0.3) is 0 Å². The van der Waals surface area contributed by atoms with E-state index in [9.17, 15) is 10.2 Å². The summed E-state index contributed by atoms with van der Waals surface area (Å²) in [6.45, 7) is 0. The lowest BCUT2D eigenvalue weighted by Gasteiger charge is -2.28. The Morgan fingerprint density at radius 2 is 1.75 bits per heavy atom. The maximum Gasteiger partial charge on any atom is 0.119 e. The average Bonchev–Trinajstić information content (AvgIpc) is 2.25. The molecule has 16 heavy (non-hydrogen) atoms. The number of anilines is 1. The highest BCUT2D eigenvalue weighted by molar-refractivity contribution is 5.44. The first kappa shape index (κ1) is 10.6. The van der Waals surface area contributed by atoms with Gasteiger partial charge in [0.25, 0.3) is 0 Å². The van der Waals surface area contributed by atoms with Crippen LogP contribution in [0.2, 0.25) is 0 Å². The summed E-state index contributed by atoms with van der Waals surface area (Å²) in [6, 6.07) is 6.88. The molecule has 0 bridgehead atoms. The molecule has 0 amide bonds. The number of nitrogen functional groups attached to an aromatic ring is 1. The molecule has 1 aliphatic rings. The number of aliphatic hydroxyl groups excluding tert-OH is 1. The smallest absolute Gasteiger partial charge is 0.119 e. The Balaban J connectivity index is 2.35. The van der Waals surface area contributed by atoms with Gasteiger partial charge in [-0.1, -0.05) is 12.1 Å². The van der Waals surface area contributed by atoms with Crippen molar-refractivity contribution in [2.75, 3.05) is 5.73 Å². The van der Waals surface area contributed by atoms with Crippen LogP contribution in [-0.2, 0) is 5.60 Å². The molecule has 4 heteroatoms. The fourth-order valence-electron chi connectivity index (χ4n) is 1.71. The van der Waals surface area contributed by atoms with Gasteiger partial charge >= 0.3 is 0 Å². The molecule has 1 aliphatic carbocycles. The molecular formula is C12H14N2O2. The van der Waals surface area contributed by atoms with Crippen molar-refractivity contribution in [1.29, 1.82) is 0 Å². The predicted molar refractivity (Wildman–Crippen MR) is 62.4 cm³/mol. The fraction of sp³-hybridized carbons (Fsp3) is 0.167. The van der Waals surface area contributed by atoms with Crippen molar-refractivity contribution in [3.05, 3.63) is 53.4 Å². The topological polar surface area (TPSA) is 92.5 Å². The van der Waals surface area contributed by atoms with Crippen LogP contribution >= 0.6 is 0 Å². The number of nitrogens with two attached hydrogens (primary N) is 2. The first-order valence-electron chi connectivity index (χ1n) is 4.96. The van der Waals surface area contributed by atoms with E-state index >= 15 is 0 Å². The first-order valence-corrected chi connectivity index (χ1v) is 4.96. The van der Waals surface area contributed by atoms with Gasteiger partial charge in [0.2, 0.25) is 0 Å². The van der Waals surface area contributed by atoms with Crippen LogP contribution in [0, 0.1) is 0 Å². The maximum atomic E-state index is 10.3. The summed E-state index contributed by atoms with van der Waals surface area (Å²) in [6.07, 6.45) is 3.17. The van der Waals surface area contributed by atoms with Crippen molar-refractivity contribution in [1.82, 2.24) is 0 Å². The number of benzene rings is 1. The van der Waals surface area contributed by atoms with E-state index < -0.39 is 5.60 Å². The van der Waals surface area contributed by atoms with Crippen LogP contribution in [0.1, 0.15) is 12.0 Å². The van der Waals surface area contributed by atoms with Crippen molar-refractivity contribution < 1.29 is 10.2 Å². The Morgan fingerprint density at radius 3 is 2.31 bits per heavy atom. The fourth-order valence-corrected chi connectivity index (χ4v) is 1.71. The number of allylic oxidation sites excluding steroid dienone is 1. The average molecular weight is 218 g/mol. The molecule has 1 aromatic carbocycles. The van der Waals surface area contributed by atoms with Gasteiger partial charge in [-0.2, -0.15) is 0 Å². The van der Waals surface area contributed by atoms with E-state index in [1.165, 1.54) is 6.08 Å². The van der Waals surface area contributed by atoms with Gasteiger partial charge in [0.15, 0.2) is 0 Å². The van der Waals surface area contributed by atoms with Crippen LogP contribution in [0.5, 0.6) is 0 Å². The summed E-state index contributed by atoms with van der Waals surface area (Å²) in [5.74, 6) is 0.00169. The van der Waals surface area contributed by atoms with E-state index in [2.05, 4.69) is 0 Å². The Bertz CT molecular complexity index is 462. The lowest BCUT2D eigenvalue weighted by Crippen LogP contribution is -2.27. The van der Waals surface area contributed by atoms with Crippen LogP contribution in [0.4, 0.5) is 5.69 Å². The lowest BCUT2D eigenvalue weighted by atomic mass is 9.86. The van der Waals surface area contributed by atoms with Crippen molar-refractivity contribution in [2.24, 2.45) is 5.73 Å². The lowest BCUT2D eigenvalue weighted by molar-refractivity contribution is 0.0742. The van der Waals surface area contributed by atoms with Crippen LogP contribution in [-0.4, -0.2) is 10.2 Å². The monoisotopic (exact) mass is 218 g/mol. The third kappa shape index (κ3) is 1.75. The highest BCUT2D eigenvalue weighted by Crippen LogP contribution is 2.33. The standard InChI is InChI=1S/C12H14N2O2/c13-9-3-1-8(2-4-9)12(16)6-5-10(14)11(15)7-12/h1-6,15-16H,7,13-14H2. The SMILES string of the molecule is NC1=C(O)CC(O)(c2ccc(N)cc2)C=C1. The molecule has 6 N–H and O–H groups in total. The highest BCUT2D eigenvalue weighted by atomic mass is 16.3. The molecule has 0 aromatic heterocycles. The minimum absolute atomic E-state index is 0.00169. The minimum atomic E-state index is -1.21. The second kappa shape index (κ2) is 3.57. The normalized spacial score (nSPS) is 24.8. The molecule has 0 heterocycles. The van der Waals surface area contributed by atoms with Crippen molar-refractivity contribution in [3.8, 4) is 0 Å². The van der Waals surface area contributed by atoms with Gasteiger partial charge in [0.05, 0.1) is 5.70 Å². The molecule has 0 spiro atoms. The molecule has 0 fully saturated rings. The quantitative estimate of drug-likeness (QED) is 0.532. The van der Waals surface area contributed by atoms with E-state index in [4.69, 9.17) is 11.5 Å². The molecule has 4 nitrogen and oxygen atoms in total. The second-order valence-corrected chi connectivity index (χ2v) is 3.96. The van der Waals surface area contributed by atoms with Gasteiger partial charge in [-0.05, 0) is 29.8 Å². The Hall–Kier alpha value is -1.94. The molecule has 0 aliphatic heterocycles. The third-order valence-corrected chi connectivity index (χ3v) is 2.72. The van der Waals surface area contributed by atoms with Crippen molar-refractivity contribution in [3.63, 3.8) is 0 Å². The summed E-state index contributed by atoms with van der Waals surface area (Å²) in [7, 11) is 0. The molecule has 0 saturated carbocycles. The summed E-state index contributed by atoms with van der Waals surface area (Å²) in [5, 5.41) is 19.9. The van der Waals surface area contributed by atoms with Crippen molar-refractivity contribution in [2.45, 2.75) is 12.0 Å². The summed E-state index contributed by atoms with van der Waals surface area (Å²) in [5.41, 5.74) is 11.5. The Kier molecular flexibility index (Phi) is 2.36. The van der Waals surface area contributed by atoms with E-state index in [0.29, 0.717) is 16.9 Å². The van der Waals surface area contributed by atoms with Gasteiger partial charge in [0, 0.05) is 12.1 Å². The maximum absolute atomic E-state index is 10.3. The Labute approximate surface area is 93.5 Å². The predicted octanol–water partition coefficient (Wildman–Crippen LogP) is 1.14. The second-order valence-electron chi connectivity index (χ2n) is 3.96. The van der Waals surface area contributed by atoms with Crippen molar-refractivity contribution >= 4 is 5.69 Å². The molecule has 0 radical (unpaired) electrons. The summed E-state index contributed by atoms with van der Waals surface area (Å²) in [4.78, 5) is 0. The van der Waals surface area contributed by atoms with E-state index in [-0.39, 0.29) is 12.2 Å². The number of hydrogen-bond acceptors (Lipinski definition) is 4. The van der Waals surface area contributed by atoms with Gasteiger partial charge in [-0.15, -0.1) is 0 Å². The van der Waals surface area contributed by atoms with Gasteiger partial charge in [0.1, 0.15) is 11.4 Å². The van der Waals surface area contributed by atoms with Crippen LogP contribution < -0.4 is 11.5 Å². The highest BCUT2D eigenvalue weighted by Gasteiger charge is 2.30. The summed E-state index contributed by atoms with van der Waals surface area (Å²) >= 11 is 0.